The molecule has 5 rings (SSSR count). The topological polar surface area (TPSA) is 108 Å². The summed E-state index contributed by atoms with van der Waals surface area (Å²) in [4.78, 5) is 31.6. The summed E-state index contributed by atoms with van der Waals surface area (Å²) in [5.41, 5.74) is 2.05. The van der Waals surface area contributed by atoms with E-state index in [0.29, 0.717) is 30.0 Å². The molecule has 0 radical (unpaired) electrons. The number of carbonyl (C=O) groups is 1. The largest absolute Gasteiger partial charge is 0.347 e. The lowest BCUT2D eigenvalue weighted by Gasteiger charge is -2.26. The molecule has 3 aromatic heterocycles. The molecule has 1 unspecified atom stereocenters. The summed E-state index contributed by atoms with van der Waals surface area (Å²) in [7, 11) is 1.59. The van der Waals surface area contributed by atoms with Gasteiger partial charge in [-0.1, -0.05) is 0 Å². The summed E-state index contributed by atoms with van der Waals surface area (Å²) < 4.78 is 17.4. The van der Waals surface area contributed by atoms with Crippen LogP contribution in [0.15, 0.2) is 59.7 Å². The second-order valence-corrected chi connectivity index (χ2v) is 8.66. The van der Waals surface area contributed by atoms with E-state index in [-0.39, 0.29) is 28.8 Å². The highest BCUT2D eigenvalue weighted by molar-refractivity contribution is 5.94. The fourth-order valence-corrected chi connectivity index (χ4v) is 4.54. The van der Waals surface area contributed by atoms with E-state index in [1.807, 2.05) is 30.0 Å². The van der Waals surface area contributed by atoms with Crippen molar-refractivity contribution >= 4 is 17.4 Å². The van der Waals surface area contributed by atoms with Gasteiger partial charge in [0.05, 0.1) is 29.6 Å². The Kier molecular flexibility index (Phi) is 5.53. The molecule has 1 aromatic carbocycles. The Hall–Kier alpha value is -4.52. The number of aryl methyl sites for hydroxylation is 2. The van der Waals surface area contributed by atoms with Crippen molar-refractivity contribution in [3.8, 4) is 6.07 Å². The second kappa shape index (κ2) is 8.68. The van der Waals surface area contributed by atoms with Crippen molar-refractivity contribution in [2.75, 3.05) is 11.4 Å². The van der Waals surface area contributed by atoms with E-state index >= 15 is 0 Å². The number of hydrogen-bond acceptors (Lipinski definition) is 6. The third-order valence-corrected chi connectivity index (χ3v) is 6.25. The van der Waals surface area contributed by atoms with Gasteiger partial charge in [-0.25, -0.2) is 13.9 Å². The second-order valence-electron chi connectivity index (χ2n) is 8.66. The lowest BCUT2D eigenvalue weighted by atomic mass is 10.0. The molecule has 4 aromatic rings. The van der Waals surface area contributed by atoms with E-state index in [0.717, 1.165) is 5.69 Å². The van der Waals surface area contributed by atoms with E-state index in [1.54, 1.807) is 36.1 Å². The number of imidazole rings is 1. The predicted octanol–water partition coefficient (Wildman–Crippen LogP) is 2.50. The SMILES string of the molecule is Cc1cnc2ccc(N3CC(NC(=O)c4cccn(C)c4=O)C[C@@H]3c3cc(F)cc(C#N)c3)nn12. The highest BCUT2D eigenvalue weighted by atomic mass is 19.1. The Morgan fingerprint density at radius 1 is 1.26 bits per heavy atom. The standard InChI is InChI=1S/C25H22FN7O2/c1-15-13-28-22-5-6-23(30-33(15)22)32-14-19(29-24(34)20-4-3-7-31(2)25(20)35)11-21(32)17-8-16(12-27)9-18(26)10-17/h3-10,13,19,21H,11,14H2,1-2H3,(H,29,34)/t19?,21-/m1/s1. The van der Waals surface area contributed by atoms with Crippen LogP contribution in [0.1, 0.15) is 39.6 Å². The maximum absolute atomic E-state index is 14.3. The maximum atomic E-state index is 14.3. The van der Waals surface area contributed by atoms with Crippen LogP contribution in [-0.2, 0) is 7.05 Å². The first kappa shape index (κ1) is 22.3. The first-order chi connectivity index (χ1) is 16.8. The van der Waals surface area contributed by atoms with Gasteiger partial charge < -0.3 is 14.8 Å². The molecule has 1 aliphatic rings. The molecule has 1 fully saturated rings. The van der Waals surface area contributed by atoms with Crippen LogP contribution in [0.3, 0.4) is 0 Å². The molecule has 1 aliphatic heterocycles. The summed E-state index contributed by atoms with van der Waals surface area (Å²) in [6.07, 6.45) is 3.75. The number of benzene rings is 1. The molecule has 1 amide bonds. The first-order valence-electron chi connectivity index (χ1n) is 11.1. The lowest BCUT2D eigenvalue weighted by Crippen LogP contribution is -2.40. The molecule has 9 nitrogen and oxygen atoms in total. The fraction of sp³-hybridized carbons (Fsp3) is 0.240. The van der Waals surface area contributed by atoms with Crippen LogP contribution in [-0.4, -0.2) is 37.7 Å². The number of rotatable bonds is 4. The molecule has 0 bridgehead atoms. The molecule has 2 atom stereocenters. The van der Waals surface area contributed by atoms with Gasteiger partial charge in [0.1, 0.15) is 17.2 Å². The Morgan fingerprint density at radius 3 is 2.89 bits per heavy atom. The van der Waals surface area contributed by atoms with Gasteiger partial charge in [0, 0.05) is 25.8 Å². The van der Waals surface area contributed by atoms with Gasteiger partial charge in [-0.2, -0.15) is 5.26 Å². The summed E-state index contributed by atoms with van der Waals surface area (Å²) in [5, 5.41) is 17.0. The van der Waals surface area contributed by atoms with Gasteiger partial charge in [-0.3, -0.25) is 9.59 Å². The van der Waals surface area contributed by atoms with Crippen LogP contribution < -0.4 is 15.8 Å². The maximum Gasteiger partial charge on any atom is 0.263 e. The Bertz CT molecular complexity index is 1550. The highest BCUT2D eigenvalue weighted by Gasteiger charge is 2.36. The van der Waals surface area contributed by atoms with Crippen molar-refractivity contribution in [1.29, 1.82) is 5.26 Å². The number of anilines is 1. The lowest BCUT2D eigenvalue weighted by molar-refractivity contribution is 0.0937. The van der Waals surface area contributed by atoms with Crippen molar-refractivity contribution in [3.63, 3.8) is 0 Å². The molecular formula is C25H22FN7O2. The minimum Gasteiger partial charge on any atom is -0.347 e. The van der Waals surface area contributed by atoms with Gasteiger partial charge in [0.25, 0.3) is 11.5 Å². The Balaban J connectivity index is 1.51. The van der Waals surface area contributed by atoms with Gasteiger partial charge in [0.2, 0.25) is 0 Å². The average molecular weight is 471 g/mol. The van der Waals surface area contributed by atoms with E-state index in [1.165, 1.54) is 22.8 Å². The monoisotopic (exact) mass is 471 g/mol. The Labute approximate surface area is 200 Å². The summed E-state index contributed by atoms with van der Waals surface area (Å²) in [5.74, 6) is -0.352. The van der Waals surface area contributed by atoms with Gasteiger partial charge in [-0.15, -0.1) is 5.10 Å². The van der Waals surface area contributed by atoms with Crippen LogP contribution >= 0.6 is 0 Å². The predicted molar refractivity (Wildman–Crippen MR) is 126 cm³/mol. The number of nitrogens with one attached hydrogen (secondary N) is 1. The average Bonchev–Trinajstić information content (AvgIpc) is 3.43. The van der Waals surface area contributed by atoms with Crippen molar-refractivity contribution < 1.29 is 9.18 Å². The number of nitrogens with zero attached hydrogens (tertiary/aromatic N) is 6. The van der Waals surface area contributed by atoms with Crippen molar-refractivity contribution in [2.45, 2.75) is 25.4 Å². The van der Waals surface area contributed by atoms with Crippen molar-refractivity contribution in [3.05, 3.63) is 93.4 Å². The normalized spacial score (nSPS) is 17.5. The number of nitriles is 1. The molecule has 1 N–H and O–H groups in total. The smallest absolute Gasteiger partial charge is 0.263 e. The third-order valence-electron chi connectivity index (χ3n) is 6.25. The minimum absolute atomic E-state index is 0.0520. The van der Waals surface area contributed by atoms with Gasteiger partial charge in [0.15, 0.2) is 5.65 Å². The molecule has 176 valence electrons. The summed E-state index contributed by atoms with van der Waals surface area (Å²) >= 11 is 0. The highest BCUT2D eigenvalue weighted by Crippen LogP contribution is 2.36. The van der Waals surface area contributed by atoms with Crippen LogP contribution in [0.25, 0.3) is 5.65 Å². The van der Waals surface area contributed by atoms with E-state index < -0.39 is 11.7 Å². The van der Waals surface area contributed by atoms with E-state index in [4.69, 9.17) is 5.10 Å². The van der Waals surface area contributed by atoms with Crippen LogP contribution in [0.2, 0.25) is 0 Å². The van der Waals surface area contributed by atoms with E-state index in [2.05, 4.69) is 10.3 Å². The minimum atomic E-state index is -0.506. The van der Waals surface area contributed by atoms with Crippen molar-refractivity contribution in [2.24, 2.45) is 7.05 Å². The first-order valence-corrected chi connectivity index (χ1v) is 11.1. The fourth-order valence-electron chi connectivity index (χ4n) is 4.54. The molecule has 35 heavy (non-hydrogen) atoms. The van der Waals surface area contributed by atoms with E-state index in [9.17, 15) is 19.2 Å². The summed E-state index contributed by atoms with van der Waals surface area (Å²) in [6, 6.07) is 12.4. The molecule has 10 heteroatoms. The number of fused-ring (bicyclic) bond motifs is 1. The number of carbonyl (C=O) groups excluding carboxylic acids is 1. The summed E-state index contributed by atoms with van der Waals surface area (Å²) in [6.45, 7) is 2.28. The zero-order chi connectivity index (χ0) is 24.7. The van der Waals surface area contributed by atoms with Crippen LogP contribution in [0.4, 0.5) is 10.2 Å². The number of amides is 1. The number of halogens is 1. The zero-order valence-electron chi connectivity index (χ0n) is 19.1. The molecule has 4 heterocycles. The molecule has 0 aliphatic carbocycles. The van der Waals surface area contributed by atoms with Crippen LogP contribution in [0.5, 0.6) is 0 Å². The van der Waals surface area contributed by atoms with Gasteiger partial charge in [-0.05, 0) is 61.4 Å². The zero-order valence-corrected chi connectivity index (χ0v) is 19.1. The number of hydrogen-bond donors (Lipinski definition) is 1. The number of aromatic nitrogens is 4. The quantitative estimate of drug-likeness (QED) is 0.490. The molecular weight excluding hydrogens is 449 g/mol. The van der Waals surface area contributed by atoms with Crippen LogP contribution in [0, 0.1) is 24.1 Å². The van der Waals surface area contributed by atoms with Crippen molar-refractivity contribution in [1.82, 2.24) is 24.5 Å². The third kappa shape index (κ3) is 4.12. The van der Waals surface area contributed by atoms with Gasteiger partial charge >= 0.3 is 0 Å². The number of pyridine rings is 1. The molecule has 0 saturated carbocycles. The Morgan fingerprint density at radius 2 is 2.09 bits per heavy atom. The molecule has 1 saturated heterocycles. The molecule has 0 spiro atoms.